The molecule has 0 unspecified atom stereocenters. The van der Waals surface area contributed by atoms with Crippen LogP contribution in [0.5, 0.6) is 23.0 Å². The van der Waals surface area contributed by atoms with E-state index in [0.29, 0.717) is 23.7 Å². The topological polar surface area (TPSA) is 97.6 Å². The fourth-order valence-electron chi connectivity index (χ4n) is 4.00. The Bertz CT molecular complexity index is 852. The second-order valence-corrected chi connectivity index (χ2v) is 6.91. The standard InChI is InChI=1S/C20H22O7/c1-24-16-7-11(3-5-14(16)21)18-13-9-26-19(20(13,23)10-27-18)12-4-6-15(22)17(8-12)25-2/h3-8,13,18-19,21-23H,9-10H2,1-2H3/t13-,18-,19-,20-/m0/s1. The van der Waals surface area contributed by atoms with Gasteiger partial charge in [0.25, 0.3) is 0 Å². The van der Waals surface area contributed by atoms with Crippen molar-refractivity contribution < 1.29 is 34.3 Å². The van der Waals surface area contributed by atoms with Crippen LogP contribution in [-0.2, 0) is 9.47 Å². The van der Waals surface area contributed by atoms with Crippen molar-refractivity contribution in [3.63, 3.8) is 0 Å². The normalized spacial score (nSPS) is 29.5. The van der Waals surface area contributed by atoms with Gasteiger partial charge in [0.05, 0.1) is 33.5 Å². The quantitative estimate of drug-likeness (QED) is 0.755. The molecule has 0 amide bonds. The van der Waals surface area contributed by atoms with Crippen LogP contribution in [0.4, 0.5) is 0 Å². The van der Waals surface area contributed by atoms with Gasteiger partial charge >= 0.3 is 0 Å². The molecule has 2 fully saturated rings. The number of phenolic OH excluding ortho intramolecular Hbond substituents is 2. The second-order valence-electron chi connectivity index (χ2n) is 6.91. The van der Waals surface area contributed by atoms with Crippen molar-refractivity contribution in [1.29, 1.82) is 0 Å². The van der Waals surface area contributed by atoms with E-state index in [2.05, 4.69) is 0 Å². The number of hydrogen-bond acceptors (Lipinski definition) is 7. The average Bonchev–Trinajstić information content (AvgIpc) is 3.17. The Morgan fingerprint density at radius 2 is 1.52 bits per heavy atom. The van der Waals surface area contributed by atoms with Gasteiger partial charge in [0.15, 0.2) is 23.0 Å². The van der Waals surface area contributed by atoms with E-state index in [1.165, 1.54) is 20.3 Å². The van der Waals surface area contributed by atoms with Gasteiger partial charge in [-0.2, -0.15) is 0 Å². The summed E-state index contributed by atoms with van der Waals surface area (Å²) in [5, 5.41) is 31.0. The zero-order valence-electron chi connectivity index (χ0n) is 15.1. The van der Waals surface area contributed by atoms with Crippen LogP contribution in [-0.4, -0.2) is 48.4 Å². The molecule has 2 saturated heterocycles. The van der Waals surface area contributed by atoms with Crippen molar-refractivity contribution in [2.24, 2.45) is 5.92 Å². The van der Waals surface area contributed by atoms with Gasteiger partial charge in [-0.05, 0) is 35.4 Å². The van der Waals surface area contributed by atoms with Crippen molar-refractivity contribution in [3.8, 4) is 23.0 Å². The number of benzene rings is 2. The Morgan fingerprint density at radius 3 is 2.15 bits per heavy atom. The number of fused-ring (bicyclic) bond motifs is 1. The number of rotatable bonds is 4. The van der Waals surface area contributed by atoms with E-state index in [9.17, 15) is 15.3 Å². The highest BCUT2D eigenvalue weighted by molar-refractivity contribution is 5.45. The van der Waals surface area contributed by atoms with Crippen LogP contribution >= 0.6 is 0 Å². The van der Waals surface area contributed by atoms with Gasteiger partial charge in [-0.25, -0.2) is 0 Å². The molecule has 0 aliphatic carbocycles. The molecule has 0 spiro atoms. The minimum atomic E-state index is -1.21. The summed E-state index contributed by atoms with van der Waals surface area (Å²) < 4.78 is 22.2. The van der Waals surface area contributed by atoms with E-state index in [1.807, 2.05) is 0 Å². The van der Waals surface area contributed by atoms with Crippen LogP contribution in [0.15, 0.2) is 36.4 Å². The third-order valence-electron chi connectivity index (χ3n) is 5.44. The maximum Gasteiger partial charge on any atom is 0.160 e. The molecule has 2 aromatic rings. The molecular weight excluding hydrogens is 352 g/mol. The maximum absolute atomic E-state index is 11.4. The lowest BCUT2D eigenvalue weighted by atomic mass is 9.81. The molecule has 144 valence electrons. The third kappa shape index (κ3) is 2.79. The lowest BCUT2D eigenvalue weighted by Crippen LogP contribution is -2.39. The van der Waals surface area contributed by atoms with E-state index in [0.717, 1.165) is 5.56 Å². The summed E-state index contributed by atoms with van der Waals surface area (Å²) in [6.07, 6.45) is -0.977. The van der Waals surface area contributed by atoms with Crippen molar-refractivity contribution in [3.05, 3.63) is 47.5 Å². The molecule has 7 heteroatoms. The Hall–Kier alpha value is -2.48. The molecule has 2 heterocycles. The van der Waals surface area contributed by atoms with E-state index < -0.39 is 11.7 Å². The van der Waals surface area contributed by atoms with Crippen molar-refractivity contribution in [1.82, 2.24) is 0 Å². The minimum absolute atomic E-state index is 0.0273. The van der Waals surface area contributed by atoms with Gasteiger partial charge in [0.2, 0.25) is 0 Å². The highest BCUT2D eigenvalue weighted by Crippen LogP contribution is 2.54. The van der Waals surface area contributed by atoms with Crippen LogP contribution in [0.2, 0.25) is 0 Å². The Kier molecular flexibility index (Phi) is 4.38. The Labute approximate surface area is 156 Å². The van der Waals surface area contributed by atoms with Crippen LogP contribution in [0.3, 0.4) is 0 Å². The van der Waals surface area contributed by atoms with Crippen LogP contribution in [0.1, 0.15) is 23.3 Å². The summed E-state index contributed by atoms with van der Waals surface area (Å²) in [5.41, 5.74) is 0.304. The molecule has 4 atom stereocenters. The maximum atomic E-state index is 11.4. The highest BCUT2D eigenvalue weighted by atomic mass is 16.6. The predicted molar refractivity (Wildman–Crippen MR) is 95.1 cm³/mol. The molecule has 0 saturated carbocycles. The number of hydrogen-bond donors (Lipinski definition) is 3. The van der Waals surface area contributed by atoms with Gasteiger partial charge in [0, 0.05) is 5.92 Å². The lowest BCUT2D eigenvalue weighted by Gasteiger charge is -2.27. The van der Waals surface area contributed by atoms with Gasteiger partial charge in [-0.15, -0.1) is 0 Å². The van der Waals surface area contributed by atoms with Crippen molar-refractivity contribution >= 4 is 0 Å². The molecule has 2 aromatic carbocycles. The van der Waals surface area contributed by atoms with Crippen LogP contribution < -0.4 is 9.47 Å². The lowest BCUT2D eigenvalue weighted by molar-refractivity contribution is -0.0628. The largest absolute Gasteiger partial charge is 0.504 e. The first-order valence-electron chi connectivity index (χ1n) is 8.67. The molecule has 7 nitrogen and oxygen atoms in total. The average molecular weight is 374 g/mol. The monoisotopic (exact) mass is 374 g/mol. The molecule has 2 aliphatic rings. The summed E-state index contributed by atoms with van der Waals surface area (Å²) in [6, 6.07) is 9.91. The molecule has 4 rings (SSSR count). The van der Waals surface area contributed by atoms with Crippen LogP contribution in [0.25, 0.3) is 0 Å². The summed E-state index contributed by atoms with van der Waals surface area (Å²) in [5.74, 6) is 0.467. The second kappa shape index (κ2) is 6.60. The summed E-state index contributed by atoms with van der Waals surface area (Å²) in [6.45, 7) is 0.428. The summed E-state index contributed by atoms with van der Waals surface area (Å²) >= 11 is 0. The first-order valence-corrected chi connectivity index (χ1v) is 8.67. The minimum Gasteiger partial charge on any atom is -0.504 e. The number of phenols is 2. The third-order valence-corrected chi connectivity index (χ3v) is 5.44. The van der Waals surface area contributed by atoms with E-state index >= 15 is 0 Å². The number of aromatic hydroxyl groups is 2. The van der Waals surface area contributed by atoms with Gasteiger partial charge < -0.3 is 34.3 Å². The predicted octanol–water partition coefficient (Wildman–Crippen LogP) is 2.31. The highest BCUT2D eigenvalue weighted by Gasteiger charge is 2.59. The van der Waals surface area contributed by atoms with Gasteiger partial charge in [-0.1, -0.05) is 12.1 Å². The molecule has 0 aromatic heterocycles. The number of methoxy groups -OCH3 is 2. The smallest absolute Gasteiger partial charge is 0.160 e. The van der Waals surface area contributed by atoms with E-state index in [4.69, 9.17) is 18.9 Å². The van der Waals surface area contributed by atoms with Gasteiger partial charge in [-0.3, -0.25) is 0 Å². The first-order chi connectivity index (χ1) is 13.0. The molecular formula is C20H22O7. The Balaban J connectivity index is 1.64. The Morgan fingerprint density at radius 1 is 0.926 bits per heavy atom. The number of aliphatic hydroxyl groups is 1. The fraction of sp³-hybridized carbons (Fsp3) is 0.400. The molecule has 0 bridgehead atoms. The van der Waals surface area contributed by atoms with E-state index in [1.54, 1.807) is 30.3 Å². The van der Waals surface area contributed by atoms with Crippen molar-refractivity contribution in [2.45, 2.75) is 17.8 Å². The van der Waals surface area contributed by atoms with E-state index in [-0.39, 0.29) is 30.1 Å². The summed E-state index contributed by atoms with van der Waals surface area (Å²) in [4.78, 5) is 0. The molecule has 2 aliphatic heterocycles. The molecule has 27 heavy (non-hydrogen) atoms. The zero-order chi connectivity index (χ0) is 19.2. The summed E-state index contributed by atoms with van der Waals surface area (Å²) in [7, 11) is 2.95. The molecule has 0 radical (unpaired) electrons. The van der Waals surface area contributed by atoms with Gasteiger partial charge in [0.1, 0.15) is 11.7 Å². The first kappa shape index (κ1) is 17.9. The fourth-order valence-corrected chi connectivity index (χ4v) is 4.00. The van der Waals surface area contributed by atoms with Crippen LogP contribution in [0, 0.1) is 5.92 Å². The zero-order valence-corrected chi connectivity index (χ0v) is 15.1. The number of ether oxygens (including phenoxy) is 4. The SMILES string of the molecule is COc1cc([C@@H]2OC[C@@]3(O)[C@H](c4ccc(O)c(OC)c4)OC[C@@H]23)ccc1O. The molecule has 3 N–H and O–H groups in total. The van der Waals surface area contributed by atoms with Crippen molar-refractivity contribution in [2.75, 3.05) is 27.4 Å².